The summed E-state index contributed by atoms with van der Waals surface area (Å²) in [6.45, 7) is 19.1. The monoisotopic (exact) mass is 516 g/mol. The van der Waals surface area contributed by atoms with Crippen molar-refractivity contribution < 1.29 is 14.3 Å². The predicted molar refractivity (Wildman–Crippen MR) is 159 cm³/mol. The average molecular weight is 517 g/mol. The van der Waals surface area contributed by atoms with Crippen LogP contribution in [-0.4, -0.2) is 19.7 Å². The largest absolute Gasteiger partial charge is 0.497 e. The Kier molecular flexibility index (Phi) is 9.68. The van der Waals surface area contributed by atoms with Crippen LogP contribution in [0.3, 0.4) is 0 Å². The molecular weight excluding hydrogens is 468 g/mol. The van der Waals surface area contributed by atoms with Crippen LogP contribution in [0.25, 0.3) is 0 Å². The number of esters is 1. The number of benzene rings is 2. The maximum absolute atomic E-state index is 12.1. The molecule has 0 bridgehead atoms. The minimum Gasteiger partial charge on any atom is -0.497 e. The van der Waals surface area contributed by atoms with E-state index in [1.165, 1.54) is 29.6 Å². The molecule has 1 aliphatic rings. The van der Waals surface area contributed by atoms with Crippen LogP contribution in [0.4, 0.5) is 0 Å². The van der Waals surface area contributed by atoms with E-state index in [1.807, 2.05) is 18.2 Å². The fourth-order valence-electron chi connectivity index (χ4n) is 5.61. The number of rotatable bonds is 14. The van der Waals surface area contributed by atoms with Gasteiger partial charge in [-0.15, -0.1) is 0 Å². The molecule has 0 N–H and O–H groups in total. The molecule has 3 rings (SSSR count). The molecule has 0 amide bonds. The molecule has 2 aromatic carbocycles. The molecule has 0 aromatic heterocycles. The smallest absolute Gasteiger partial charge is 0.338 e. The molecule has 2 aromatic rings. The van der Waals surface area contributed by atoms with Crippen LogP contribution in [0, 0.1) is 16.7 Å². The quantitative estimate of drug-likeness (QED) is 0.235. The van der Waals surface area contributed by atoms with Crippen molar-refractivity contribution in [1.29, 1.82) is 0 Å². The second kappa shape index (κ2) is 12.4. The van der Waals surface area contributed by atoms with Crippen LogP contribution in [0.5, 0.6) is 5.75 Å². The lowest BCUT2D eigenvalue weighted by Gasteiger charge is -2.45. The second-order valence-corrected chi connectivity index (χ2v) is 12.3. The van der Waals surface area contributed by atoms with Gasteiger partial charge in [0.2, 0.25) is 0 Å². The van der Waals surface area contributed by atoms with Crippen molar-refractivity contribution in [2.45, 2.75) is 85.5 Å². The Labute approximate surface area is 231 Å². The van der Waals surface area contributed by atoms with Gasteiger partial charge < -0.3 is 9.47 Å². The van der Waals surface area contributed by atoms with Gasteiger partial charge in [0, 0.05) is 5.41 Å². The predicted octanol–water partition coefficient (Wildman–Crippen LogP) is 9.34. The minimum atomic E-state index is -0.229. The van der Waals surface area contributed by atoms with Crippen LogP contribution in [-0.2, 0) is 10.2 Å². The highest BCUT2D eigenvalue weighted by Gasteiger charge is 2.46. The first kappa shape index (κ1) is 29.7. The Hall–Kier alpha value is -2.81. The summed E-state index contributed by atoms with van der Waals surface area (Å²) in [5.41, 5.74) is 4.88. The molecule has 0 saturated heterocycles. The van der Waals surface area contributed by atoms with E-state index < -0.39 is 0 Å². The molecule has 0 spiro atoms. The van der Waals surface area contributed by atoms with Crippen molar-refractivity contribution in [3.63, 3.8) is 0 Å². The van der Waals surface area contributed by atoms with Crippen molar-refractivity contribution in [3.8, 4) is 5.75 Å². The van der Waals surface area contributed by atoms with Gasteiger partial charge in [0.1, 0.15) is 5.75 Å². The Bertz CT molecular complexity index is 1110. The summed E-state index contributed by atoms with van der Waals surface area (Å²) in [5.74, 6) is 1.20. The van der Waals surface area contributed by atoms with E-state index in [1.54, 1.807) is 19.2 Å². The zero-order valence-electron chi connectivity index (χ0n) is 24.7. The molecule has 1 saturated carbocycles. The van der Waals surface area contributed by atoms with Crippen molar-refractivity contribution in [2.75, 3.05) is 13.7 Å². The van der Waals surface area contributed by atoms with Gasteiger partial charge in [-0.25, -0.2) is 4.79 Å². The first-order valence-electron chi connectivity index (χ1n) is 14.2. The Morgan fingerprint density at radius 3 is 2.34 bits per heavy atom. The maximum atomic E-state index is 12.1. The molecule has 3 atom stereocenters. The van der Waals surface area contributed by atoms with Crippen molar-refractivity contribution >= 4 is 5.97 Å². The summed E-state index contributed by atoms with van der Waals surface area (Å²) in [5, 5.41) is 0. The number of hydrogen-bond acceptors (Lipinski definition) is 3. The summed E-state index contributed by atoms with van der Waals surface area (Å²) in [4.78, 5) is 12.1. The highest BCUT2D eigenvalue weighted by atomic mass is 16.5. The fourth-order valence-corrected chi connectivity index (χ4v) is 5.61. The van der Waals surface area contributed by atoms with Crippen LogP contribution < -0.4 is 4.74 Å². The normalized spacial score (nSPS) is 20.4. The first-order valence-corrected chi connectivity index (χ1v) is 14.2. The van der Waals surface area contributed by atoms with Gasteiger partial charge in [-0.3, -0.25) is 0 Å². The van der Waals surface area contributed by atoms with Crippen LogP contribution in [0.2, 0.25) is 0 Å². The van der Waals surface area contributed by atoms with Crippen molar-refractivity contribution in [2.24, 2.45) is 16.7 Å². The van der Waals surface area contributed by atoms with E-state index >= 15 is 0 Å². The van der Waals surface area contributed by atoms with Gasteiger partial charge in [-0.1, -0.05) is 103 Å². The SMILES string of the molecule is C=C(/C=C1\CC1(C)CCCC(C)CCOC(=O)c1ccccc1)C(C)(CC)C(C)(C)c1ccc(OC)cc1. The zero-order chi connectivity index (χ0) is 28.0. The topological polar surface area (TPSA) is 35.5 Å². The van der Waals surface area contributed by atoms with Crippen LogP contribution in [0.15, 0.2) is 78.4 Å². The lowest BCUT2D eigenvalue weighted by Crippen LogP contribution is -2.39. The molecule has 206 valence electrons. The second-order valence-electron chi connectivity index (χ2n) is 12.3. The van der Waals surface area contributed by atoms with Crippen molar-refractivity contribution in [3.05, 3.63) is 89.5 Å². The van der Waals surface area contributed by atoms with E-state index in [0.29, 0.717) is 23.5 Å². The number of allylic oxidation sites excluding steroid dienone is 3. The number of ether oxygens (including phenoxy) is 2. The van der Waals surface area contributed by atoms with E-state index in [9.17, 15) is 4.79 Å². The first-order chi connectivity index (χ1) is 18.0. The van der Waals surface area contributed by atoms with E-state index in [2.05, 4.69) is 78.5 Å². The van der Waals surface area contributed by atoms with Gasteiger partial charge >= 0.3 is 5.97 Å². The minimum absolute atomic E-state index is 0.0518. The fraction of sp³-hybridized carbons (Fsp3) is 0.514. The number of methoxy groups -OCH3 is 1. The highest BCUT2D eigenvalue weighted by molar-refractivity contribution is 5.89. The lowest BCUT2D eigenvalue weighted by atomic mass is 9.58. The molecule has 3 heteroatoms. The summed E-state index contributed by atoms with van der Waals surface area (Å²) >= 11 is 0. The third kappa shape index (κ3) is 6.79. The molecule has 0 heterocycles. The summed E-state index contributed by atoms with van der Waals surface area (Å²) in [6, 6.07) is 17.7. The van der Waals surface area contributed by atoms with Gasteiger partial charge in [0.15, 0.2) is 0 Å². The molecular formula is C35H48O3. The number of carbonyl (C=O) groups is 1. The third-order valence-electron chi connectivity index (χ3n) is 9.47. The van der Waals surface area contributed by atoms with Gasteiger partial charge in [0.25, 0.3) is 0 Å². The standard InChI is InChI=1S/C35H48O3/c1-9-35(7,33(4,5)29-17-19-31(37-8)20-18-29)27(3)24-30-25-34(30,6)22-13-14-26(2)21-23-38-32(36)28-15-11-10-12-16-28/h10-12,15-20,24,26H,3,9,13-14,21-23,25H2,1-2,4-8H3/b30-24+. The Balaban J connectivity index is 1.49. The van der Waals surface area contributed by atoms with Crippen molar-refractivity contribution in [1.82, 2.24) is 0 Å². The summed E-state index contributed by atoms with van der Waals surface area (Å²) in [6.07, 6.45) is 9.05. The van der Waals surface area contributed by atoms with Gasteiger partial charge in [0.05, 0.1) is 19.3 Å². The van der Waals surface area contributed by atoms with Crippen LogP contribution >= 0.6 is 0 Å². The summed E-state index contributed by atoms with van der Waals surface area (Å²) in [7, 11) is 1.71. The highest BCUT2D eigenvalue weighted by Crippen LogP contribution is 2.58. The molecule has 1 fully saturated rings. The maximum Gasteiger partial charge on any atom is 0.338 e. The Morgan fingerprint density at radius 2 is 1.74 bits per heavy atom. The molecule has 3 unspecified atom stereocenters. The van der Waals surface area contributed by atoms with E-state index in [4.69, 9.17) is 9.47 Å². The third-order valence-corrected chi connectivity index (χ3v) is 9.47. The number of hydrogen-bond donors (Lipinski definition) is 0. The lowest BCUT2D eigenvalue weighted by molar-refractivity contribution is 0.0483. The van der Waals surface area contributed by atoms with Gasteiger partial charge in [-0.05, 0) is 77.8 Å². The Morgan fingerprint density at radius 1 is 1.08 bits per heavy atom. The molecule has 1 aliphatic carbocycles. The zero-order valence-corrected chi connectivity index (χ0v) is 24.7. The summed E-state index contributed by atoms with van der Waals surface area (Å²) < 4.78 is 10.8. The molecule has 38 heavy (non-hydrogen) atoms. The van der Waals surface area contributed by atoms with Gasteiger partial charge in [-0.2, -0.15) is 0 Å². The van der Waals surface area contributed by atoms with Crippen LogP contribution in [0.1, 0.15) is 96.0 Å². The molecule has 0 aliphatic heterocycles. The van der Waals surface area contributed by atoms with E-state index in [0.717, 1.165) is 31.4 Å². The molecule has 0 radical (unpaired) electrons. The molecule has 3 nitrogen and oxygen atoms in total. The number of carbonyl (C=O) groups excluding carboxylic acids is 1. The average Bonchev–Trinajstić information content (AvgIpc) is 3.56. The van der Waals surface area contributed by atoms with E-state index in [-0.39, 0.29) is 16.8 Å².